The van der Waals surface area contributed by atoms with Gasteiger partial charge in [0, 0.05) is 26.2 Å². The molecule has 0 saturated carbocycles. The SMILES string of the molecule is CCNC(=O)CC1NCCN(CC)C1=O. The molecular weight excluding hydrogens is 194 g/mol. The van der Waals surface area contributed by atoms with Crippen LogP contribution < -0.4 is 10.6 Å². The summed E-state index contributed by atoms with van der Waals surface area (Å²) in [6.45, 7) is 6.65. The van der Waals surface area contributed by atoms with Gasteiger partial charge in [-0.2, -0.15) is 0 Å². The molecule has 1 atom stereocenters. The Morgan fingerprint density at radius 3 is 2.93 bits per heavy atom. The van der Waals surface area contributed by atoms with Crippen molar-refractivity contribution < 1.29 is 9.59 Å². The molecule has 0 radical (unpaired) electrons. The second-order valence-electron chi connectivity index (χ2n) is 3.58. The lowest BCUT2D eigenvalue weighted by Crippen LogP contribution is -2.56. The normalized spacial score (nSPS) is 21.6. The van der Waals surface area contributed by atoms with Gasteiger partial charge in [-0.25, -0.2) is 0 Å². The average molecular weight is 213 g/mol. The first-order valence-electron chi connectivity index (χ1n) is 5.47. The van der Waals surface area contributed by atoms with E-state index in [-0.39, 0.29) is 24.3 Å². The van der Waals surface area contributed by atoms with Gasteiger partial charge in [-0.3, -0.25) is 9.59 Å². The highest BCUT2D eigenvalue weighted by Gasteiger charge is 2.28. The fourth-order valence-corrected chi connectivity index (χ4v) is 1.72. The van der Waals surface area contributed by atoms with Gasteiger partial charge in [0.2, 0.25) is 11.8 Å². The molecule has 2 N–H and O–H groups in total. The molecule has 1 fully saturated rings. The maximum atomic E-state index is 11.8. The average Bonchev–Trinajstić information content (AvgIpc) is 2.21. The third kappa shape index (κ3) is 3.20. The molecule has 0 aliphatic carbocycles. The van der Waals surface area contributed by atoms with Crippen LogP contribution in [-0.4, -0.2) is 48.9 Å². The monoisotopic (exact) mass is 213 g/mol. The standard InChI is InChI=1S/C10H19N3O2/c1-3-11-9(14)7-8-10(15)13(4-2)6-5-12-8/h8,12H,3-7H2,1-2H3,(H,11,14). The number of nitrogens with one attached hydrogen (secondary N) is 2. The van der Waals surface area contributed by atoms with Crippen LogP contribution in [0.15, 0.2) is 0 Å². The second kappa shape index (κ2) is 5.70. The number of carbonyl (C=O) groups is 2. The fourth-order valence-electron chi connectivity index (χ4n) is 1.72. The van der Waals surface area contributed by atoms with Crippen LogP contribution in [-0.2, 0) is 9.59 Å². The molecule has 1 aliphatic rings. The summed E-state index contributed by atoms with van der Waals surface area (Å²) >= 11 is 0. The predicted molar refractivity (Wildman–Crippen MR) is 57.3 cm³/mol. The van der Waals surface area contributed by atoms with Gasteiger partial charge in [0.25, 0.3) is 0 Å². The first-order valence-corrected chi connectivity index (χ1v) is 5.47. The Morgan fingerprint density at radius 1 is 1.60 bits per heavy atom. The van der Waals surface area contributed by atoms with Gasteiger partial charge < -0.3 is 15.5 Å². The molecule has 0 aromatic rings. The van der Waals surface area contributed by atoms with Crippen molar-refractivity contribution in [2.24, 2.45) is 0 Å². The number of likely N-dealkylation sites (N-methyl/N-ethyl adjacent to an activating group) is 1. The molecule has 2 amide bonds. The molecule has 86 valence electrons. The highest BCUT2D eigenvalue weighted by Crippen LogP contribution is 2.04. The number of amides is 2. The van der Waals surface area contributed by atoms with E-state index < -0.39 is 0 Å². The smallest absolute Gasteiger partial charge is 0.240 e. The summed E-state index contributed by atoms with van der Waals surface area (Å²) in [5.74, 6) is -0.0312. The largest absolute Gasteiger partial charge is 0.356 e. The third-order valence-electron chi connectivity index (χ3n) is 2.53. The second-order valence-corrected chi connectivity index (χ2v) is 3.58. The summed E-state index contributed by atoms with van der Waals surface area (Å²) in [4.78, 5) is 24.9. The van der Waals surface area contributed by atoms with Gasteiger partial charge in [0.1, 0.15) is 0 Å². The van der Waals surface area contributed by atoms with Crippen LogP contribution in [0.2, 0.25) is 0 Å². The molecule has 1 aliphatic heterocycles. The summed E-state index contributed by atoms with van der Waals surface area (Å²) in [5, 5.41) is 5.77. The van der Waals surface area contributed by atoms with E-state index in [4.69, 9.17) is 0 Å². The predicted octanol–water partition coefficient (Wildman–Crippen LogP) is -0.667. The van der Waals surface area contributed by atoms with Gasteiger partial charge in [-0.05, 0) is 13.8 Å². The van der Waals surface area contributed by atoms with Gasteiger partial charge in [-0.1, -0.05) is 0 Å². The molecule has 0 aromatic heterocycles. The molecule has 5 nitrogen and oxygen atoms in total. The minimum absolute atomic E-state index is 0.0370. The van der Waals surface area contributed by atoms with E-state index in [9.17, 15) is 9.59 Å². The summed E-state index contributed by atoms with van der Waals surface area (Å²) < 4.78 is 0. The van der Waals surface area contributed by atoms with Gasteiger partial charge >= 0.3 is 0 Å². The Balaban J connectivity index is 2.47. The van der Waals surface area contributed by atoms with E-state index in [0.717, 1.165) is 13.1 Å². The van der Waals surface area contributed by atoms with Crippen molar-refractivity contribution in [1.29, 1.82) is 0 Å². The first-order chi connectivity index (χ1) is 7.19. The molecule has 1 unspecified atom stereocenters. The van der Waals surface area contributed by atoms with Crippen LogP contribution >= 0.6 is 0 Å². The highest BCUT2D eigenvalue weighted by atomic mass is 16.2. The van der Waals surface area contributed by atoms with Crippen molar-refractivity contribution in [2.75, 3.05) is 26.2 Å². The number of nitrogens with zero attached hydrogens (tertiary/aromatic N) is 1. The van der Waals surface area contributed by atoms with E-state index in [1.807, 2.05) is 13.8 Å². The number of hydrogen-bond donors (Lipinski definition) is 2. The molecule has 0 aromatic carbocycles. The maximum absolute atomic E-state index is 11.8. The lowest BCUT2D eigenvalue weighted by atomic mass is 10.1. The third-order valence-corrected chi connectivity index (χ3v) is 2.53. The van der Waals surface area contributed by atoms with Crippen LogP contribution in [0.5, 0.6) is 0 Å². The van der Waals surface area contributed by atoms with E-state index >= 15 is 0 Å². The molecule has 1 heterocycles. The molecule has 5 heteroatoms. The number of hydrogen-bond acceptors (Lipinski definition) is 3. The van der Waals surface area contributed by atoms with Crippen molar-refractivity contribution in [2.45, 2.75) is 26.3 Å². The Hall–Kier alpha value is -1.10. The van der Waals surface area contributed by atoms with Gasteiger partial charge in [0.05, 0.1) is 12.5 Å². The quantitative estimate of drug-likeness (QED) is 0.651. The molecule has 0 bridgehead atoms. The minimum atomic E-state index is -0.342. The Morgan fingerprint density at radius 2 is 2.33 bits per heavy atom. The van der Waals surface area contributed by atoms with Crippen molar-refractivity contribution in [3.8, 4) is 0 Å². The van der Waals surface area contributed by atoms with E-state index in [2.05, 4.69) is 10.6 Å². The molecule has 1 saturated heterocycles. The van der Waals surface area contributed by atoms with Crippen molar-refractivity contribution in [3.63, 3.8) is 0 Å². The summed E-state index contributed by atoms with van der Waals surface area (Å²) in [6.07, 6.45) is 0.239. The van der Waals surface area contributed by atoms with Crippen LogP contribution in [0, 0.1) is 0 Å². The minimum Gasteiger partial charge on any atom is -0.356 e. The van der Waals surface area contributed by atoms with Gasteiger partial charge in [-0.15, -0.1) is 0 Å². The van der Waals surface area contributed by atoms with Crippen molar-refractivity contribution in [3.05, 3.63) is 0 Å². The van der Waals surface area contributed by atoms with Gasteiger partial charge in [0.15, 0.2) is 0 Å². The highest BCUT2D eigenvalue weighted by molar-refractivity contribution is 5.88. The van der Waals surface area contributed by atoms with Crippen LogP contribution in [0.25, 0.3) is 0 Å². The fraction of sp³-hybridized carbons (Fsp3) is 0.800. The number of rotatable bonds is 4. The maximum Gasteiger partial charge on any atom is 0.240 e. The summed E-state index contributed by atoms with van der Waals surface area (Å²) in [7, 11) is 0. The number of carbonyl (C=O) groups excluding carboxylic acids is 2. The first kappa shape index (κ1) is 12.0. The molecule has 0 spiro atoms. The molecule has 15 heavy (non-hydrogen) atoms. The topological polar surface area (TPSA) is 61.4 Å². The van der Waals surface area contributed by atoms with Crippen molar-refractivity contribution in [1.82, 2.24) is 15.5 Å². The van der Waals surface area contributed by atoms with Crippen molar-refractivity contribution >= 4 is 11.8 Å². The lowest BCUT2D eigenvalue weighted by Gasteiger charge is -2.32. The Kier molecular flexibility index (Phi) is 4.55. The summed E-state index contributed by atoms with van der Waals surface area (Å²) in [6, 6.07) is -0.342. The summed E-state index contributed by atoms with van der Waals surface area (Å²) in [5.41, 5.74) is 0. The van der Waals surface area contributed by atoms with E-state index in [1.165, 1.54) is 0 Å². The number of piperazine rings is 1. The van der Waals surface area contributed by atoms with Crippen LogP contribution in [0.1, 0.15) is 20.3 Å². The van der Waals surface area contributed by atoms with E-state index in [0.29, 0.717) is 13.1 Å². The lowest BCUT2D eigenvalue weighted by molar-refractivity contribution is -0.138. The molecule has 1 rings (SSSR count). The zero-order chi connectivity index (χ0) is 11.3. The van der Waals surface area contributed by atoms with E-state index in [1.54, 1.807) is 4.90 Å². The zero-order valence-electron chi connectivity index (χ0n) is 9.38. The Labute approximate surface area is 90.2 Å². The Bertz CT molecular complexity index is 243. The zero-order valence-corrected chi connectivity index (χ0v) is 9.38. The van der Waals surface area contributed by atoms with Crippen LogP contribution in [0.4, 0.5) is 0 Å². The molecular formula is C10H19N3O2. The van der Waals surface area contributed by atoms with Crippen LogP contribution in [0.3, 0.4) is 0 Å².